The van der Waals surface area contributed by atoms with Crippen LogP contribution in [0, 0.1) is 0 Å². The van der Waals surface area contributed by atoms with Crippen molar-refractivity contribution in [3.63, 3.8) is 0 Å². The first kappa shape index (κ1) is 13.3. The zero-order valence-electron chi connectivity index (χ0n) is 10.8. The first-order valence-corrected chi connectivity index (χ1v) is 6.34. The predicted octanol–water partition coefficient (Wildman–Crippen LogP) is 1.52. The van der Waals surface area contributed by atoms with Crippen molar-refractivity contribution in [2.75, 3.05) is 33.7 Å². The van der Waals surface area contributed by atoms with Crippen molar-refractivity contribution in [3.05, 3.63) is 0 Å². The van der Waals surface area contributed by atoms with Crippen molar-refractivity contribution in [2.45, 2.75) is 38.6 Å². The second kappa shape index (κ2) is 6.74. The van der Waals surface area contributed by atoms with Crippen molar-refractivity contribution in [1.82, 2.24) is 15.1 Å². The van der Waals surface area contributed by atoms with E-state index >= 15 is 0 Å². The third kappa shape index (κ3) is 4.00. The molecule has 1 aliphatic rings. The lowest BCUT2D eigenvalue weighted by atomic mass is 10.1. The third-order valence-corrected chi connectivity index (χ3v) is 3.11. The SMILES string of the molecule is CCCCNC1CCN(C(=O)N(C)C)CC1. The highest BCUT2D eigenvalue weighted by Gasteiger charge is 2.22. The molecule has 0 bridgehead atoms. The van der Waals surface area contributed by atoms with Crippen LogP contribution in [0.3, 0.4) is 0 Å². The van der Waals surface area contributed by atoms with Crippen LogP contribution in [0.2, 0.25) is 0 Å². The van der Waals surface area contributed by atoms with E-state index in [0.717, 1.165) is 32.5 Å². The van der Waals surface area contributed by atoms with Crippen molar-refractivity contribution in [2.24, 2.45) is 0 Å². The molecule has 0 aliphatic carbocycles. The zero-order chi connectivity index (χ0) is 12.0. The largest absolute Gasteiger partial charge is 0.331 e. The van der Waals surface area contributed by atoms with E-state index in [2.05, 4.69) is 12.2 Å². The van der Waals surface area contributed by atoms with Crippen molar-refractivity contribution >= 4 is 6.03 Å². The number of likely N-dealkylation sites (tertiary alicyclic amines) is 1. The Morgan fingerprint density at radius 3 is 2.50 bits per heavy atom. The lowest BCUT2D eigenvalue weighted by Gasteiger charge is -2.34. The van der Waals surface area contributed by atoms with E-state index in [9.17, 15) is 4.79 Å². The Hall–Kier alpha value is -0.770. The van der Waals surface area contributed by atoms with Crippen LogP contribution in [0.5, 0.6) is 0 Å². The topological polar surface area (TPSA) is 35.6 Å². The van der Waals surface area contributed by atoms with E-state index in [1.54, 1.807) is 4.90 Å². The quantitative estimate of drug-likeness (QED) is 0.739. The second-order valence-corrected chi connectivity index (χ2v) is 4.75. The highest BCUT2D eigenvalue weighted by atomic mass is 16.2. The predicted molar refractivity (Wildman–Crippen MR) is 66.6 cm³/mol. The number of hydrogen-bond donors (Lipinski definition) is 1. The van der Waals surface area contributed by atoms with Gasteiger partial charge in [-0.05, 0) is 25.8 Å². The Labute approximate surface area is 99.0 Å². The molecule has 2 amide bonds. The van der Waals surface area contributed by atoms with Gasteiger partial charge in [-0.1, -0.05) is 13.3 Å². The summed E-state index contributed by atoms with van der Waals surface area (Å²) >= 11 is 0. The zero-order valence-corrected chi connectivity index (χ0v) is 10.8. The van der Waals surface area contributed by atoms with Gasteiger partial charge in [-0.3, -0.25) is 0 Å². The number of carbonyl (C=O) groups is 1. The van der Waals surface area contributed by atoms with E-state index in [1.807, 2.05) is 19.0 Å². The molecule has 1 saturated heterocycles. The molecule has 0 unspecified atom stereocenters. The van der Waals surface area contributed by atoms with Gasteiger partial charge < -0.3 is 15.1 Å². The van der Waals surface area contributed by atoms with Gasteiger partial charge >= 0.3 is 6.03 Å². The first-order valence-electron chi connectivity index (χ1n) is 6.34. The van der Waals surface area contributed by atoms with Crippen LogP contribution in [-0.4, -0.2) is 55.6 Å². The molecule has 16 heavy (non-hydrogen) atoms. The molecule has 1 rings (SSSR count). The van der Waals surface area contributed by atoms with Gasteiger partial charge in [-0.2, -0.15) is 0 Å². The normalized spacial score (nSPS) is 17.6. The van der Waals surface area contributed by atoms with Gasteiger partial charge in [0.05, 0.1) is 0 Å². The standard InChI is InChI=1S/C12H25N3O/c1-4-5-8-13-11-6-9-15(10-7-11)12(16)14(2)3/h11,13H,4-10H2,1-3H3. The molecular weight excluding hydrogens is 202 g/mol. The van der Waals surface area contributed by atoms with Crippen LogP contribution in [0.1, 0.15) is 32.6 Å². The molecule has 4 nitrogen and oxygen atoms in total. The number of hydrogen-bond acceptors (Lipinski definition) is 2. The monoisotopic (exact) mass is 227 g/mol. The fourth-order valence-corrected chi connectivity index (χ4v) is 2.04. The van der Waals surface area contributed by atoms with E-state index in [1.165, 1.54) is 12.8 Å². The molecule has 0 saturated carbocycles. The summed E-state index contributed by atoms with van der Waals surface area (Å²) in [6, 6.07) is 0.754. The van der Waals surface area contributed by atoms with Crippen molar-refractivity contribution in [3.8, 4) is 0 Å². The number of rotatable bonds is 4. The Bertz CT molecular complexity index is 210. The van der Waals surface area contributed by atoms with Crippen LogP contribution in [0.25, 0.3) is 0 Å². The molecule has 0 atom stereocenters. The first-order chi connectivity index (χ1) is 7.65. The summed E-state index contributed by atoms with van der Waals surface area (Å²) in [5, 5.41) is 3.56. The Kier molecular flexibility index (Phi) is 5.60. The molecule has 1 N–H and O–H groups in total. The summed E-state index contributed by atoms with van der Waals surface area (Å²) in [5.41, 5.74) is 0. The number of carbonyl (C=O) groups excluding carboxylic acids is 1. The van der Waals surface area contributed by atoms with E-state index < -0.39 is 0 Å². The molecule has 0 aromatic rings. The molecular formula is C12H25N3O. The molecule has 1 aliphatic heterocycles. The molecule has 4 heteroatoms. The lowest BCUT2D eigenvalue weighted by Crippen LogP contribution is -2.48. The minimum absolute atomic E-state index is 0.145. The molecule has 1 heterocycles. The van der Waals surface area contributed by atoms with Crippen LogP contribution in [-0.2, 0) is 0 Å². The van der Waals surface area contributed by atoms with Crippen molar-refractivity contribution < 1.29 is 4.79 Å². The van der Waals surface area contributed by atoms with E-state index in [0.29, 0.717) is 6.04 Å². The summed E-state index contributed by atoms with van der Waals surface area (Å²) < 4.78 is 0. The maximum atomic E-state index is 11.7. The van der Waals surface area contributed by atoms with E-state index in [4.69, 9.17) is 0 Å². The number of nitrogens with one attached hydrogen (secondary N) is 1. The van der Waals surface area contributed by atoms with Gasteiger partial charge in [0.15, 0.2) is 0 Å². The number of nitrogens with zero attached hydrogens (tertiary/aromatic N) is 2. The van der Waals surface area contributed by atoms with Crippen molar-refractivity contribution in [1.29, 1.82) is 0 Å². The average Bonchev–Trinajstić information content (AvgIpc) is 2.29. The summed E-state index contributed by atoms with van der Waals surface area (Å²) in [5.74, 6) is 0. The number of piperidine rings is 1. The second-order valence-electron chi connectivity index (χ2n) is 4.75. The van der Waals surface area contributed by atoms with Gasteiger partial charge in [-0.25, -0.2) is 4.79 Å². The number of unbranched alkanes of at least 4 members (excludes halogenated alkanes) is 1. The molecule has 0 aromatic heterocycles. The van der Waals surface area contributed by atoms with Crippen LogP contribution in [0.4, 0.5) is 4.79 Å². The third-order valence-electron chi connectivity index (χ3n) is 3.11. The average molecular weight is 227 g/mol. The van der Waals surface area contributed by atoms with Gasteiger partial charge in [0.2, 0.25) is 0 Å². The maximum absolute atomic E-state index is 11.7. The molecule has 0 spiro atoms. The van der Waals surface area contributed by atoms with Crippen LogP contribution in [0.15, 0.2) is 0 Å². The van der Waals surface area contributed by atoms with Gasteiger partial charge in [0.1, 0.15) is 0 Å². The summed E-state index contributed by atoms with van der Waals surface area (Å²) in [4.78, 5) is 15.3. The van der Waals surface area contributed by atoms with Gasteiger partial charge in [0, 0.05) is 33.2 Å². The van der Waals surface area contributed by atoms with E-state index in [-0.39, 0.29) is 6.03 Å². The Balaban J connectivity index is 2.20. The molecule has 94 valence electrons. The smallest absolute Gasteiger partial charge is 0.319 e. The minimum Gasteiger partial charge on any atom is -0.331 e. The lowest BCUT2D eigenvalue weighted by molar-refractivity contribution is 0.152. The highest BCUT2D eigenvalue weighted by molar-refractivity contribution is 5.73. The summed E-state index contributed by atoms with van der Waals surface area (Å²) in [6.45, 7) is 5.10. The highest BCUT2D eigenvalue weighted by Crippen LogP contribution is 2.11. The van der Waals surface area contributed by atoms with Crippen LogP contribution >= 0.6 is 0 Å². The molecule has 1 fully saturated rings. The fourth-order valence-electron chi connectivity index (χ4n) is 2.04. The molecule has 0 aromatic carbocycles. The Morgan fingerprint density at radius 1 is 1.38 bits per heavy atom. The fraction of sp³-hybridized carbons (Fsp3) is 0.917. The summed E-state index contributed by atoms with van der Waals surface area (Å²) in [6.07, 6.45) is 4.66. The Morgan fingerprint density at radius 2 is 2.00 bits per heavy atom. The van der Waals surface area contributed by atoms with Gasteiger partial charge in [-0.15, -0.1) is 0 Å². The summed E-state index contributed by atoms with van der Waals surface area (Å²) in [7, 11) is 3.63. The number of urea groups is 1. The minimum atomic E-state index is 0.145. The number of amides is 2. The van der Waals surface area contributed by atoms with Gasteiger partial charge in [0.25, 0.3) is 0 Å². The molecule has 0 radical (unpaired) electrons. The van der Waals surface area contributed by atoms with Crippen LogP contribution < -0.4 is 5.32 Å². The maximum Gasteiger partial charge on any atom is 0.319 e.